The largest absolute Gasteiger partial charge is 0.490 e. The number of carboxylic acid groups (broad SMARTS) is 1. The zero-order valence-corrected chi connectivity index (χ0v) is 19.2. The third-order valence-electron chi connectivity index (χ3n) is 6.80. The minimum absolute atomic E-state index is 0.0659. The molecule has 0 radical (unpaired) electrons. The lowest BCUT2D eigenvalue weighted by atomic mass is 9.75. The van der Waals surface area contributed by atoms with E-state index in [0.29, 0.717) is 30.6 Å². The maximum atomic E-state index is 12.6. The summed E-state index contributed by atoms with van der Waals surface area (Å²) in [6, 6.07) is 0. The summed E-state index contributed by atoms with van der Waals surface area (Å²) in [6.45, 7) is 8.76. The number of nitrogens with zero attached hydrogens (tertiary/aromatic N) is 4. The maximum Gasteiger partial charge on any atom is 0.490 e. The third-order valence-corrected chi connectivity index (χ3v) is 6.80. The minimum atomic E-state index is -5.08. The van der Waals surface area contributed by atoms with Crippen LogP contribution in [0.25, 0.3) is 0 Å². The molecule has 2 amide bonds. The lowest BCUT2D eigenvalue weighted by Gasteiger charge is -2.42. The molecule has 3 fully saturated rings. The highest BCUT2D eigenvalue weighted by Crippen LogP contribution is 2.44. The minimum Gasteiger partial charge on any atom is -0.475 e. The van der Waals surface area contributed by atoms with Crippen LogP contribution in [0.1, 0.15) is 43.6 Å². The van der Waals surface area contributed by atoms with Crippen molar-refractivity contribution in [3.8, 4) is 0 Å². The van der Waals surface area contributed by atoms with Crippen molar-refractivity contribution in [1.29, 1.82) is 0 Å². The standard InChI is InChI=1S/C20H29N5O2.C2HF3O2/c1-14(2)3-8-24-12-15-16(13-24)20(23-18(15)26)4-9-25(10-5-20)19(27)17-11-21-6-7-22-17;3-2(4,5)1(6)7/h6-7,11,14-16H,3-5,8-10,12-13H2,1-2H3,(H,23,26);(H,6,7)/t15-,16+;/m1./s1. The van der Waals surface area contributed by atoms with Crippen molar-refractivity contribution in [2.75, 3.05) is 32.7 Å². The quantitative estimate of drug-likeness (QED) is 0.668. The predicted molar refractivity (Wildman–Crippen MR) is 115 cm³/mol. The van der Waals surface area contributed by atoms with Gasteiger partial charge in [0.1, 0.15) is 5.69 Å². The molecule has 0 unspecified atom stereocenters. The Hall–Kier alpha value is -2.76. The normalized spacial score (nSPS) is 23.9. The van der Waals surface area contributed by atoms with Gasteiger partial charge in [-0.15, -0.1) is 0 Å². The van der Waals surface area contributed by atoms with Crippen LogP contribution >= 0.6 is 0 Å². The fourth-order valence-corrected chi connectivity index (χ4v) is 4.94. The smallest absolute Gasteiger partial charge is 0.475 e. The Morgan fingerprint density at radius 2 is 1.88 bits per heavy atom. The first kappa shape index (κ1) is 25.9. The summed E-state index contributed by atoms with van der Waals surface area (Å²) >= 11 is 0. The van der Waals surface area contributed by atoms with Gasteiger partial charge in [-0.1, -0.05) is 13.8 Å². The third kappa shape index (κ3) is 5.83. The molecular formula is C22H30F3N5O4. The van der Waals surface area contributed by atoms with Crippen molar-refractivity contribution in [2.45, 2.75) is 44.8 Å². The lowest BCUT2D eigenvalue weighted by Crippen LogP contribution is -2.56. The predicted octanol–water partition coefficient (Wildman–Crippen LogP) is 1.81. The number of halogens is 3. The number of carboxylic acids is 1. The van der Waals surface area contributed by atoms with Gasteiger partial charge in [0.05, 0.1) is 12.1 Å². The Morgan fingerprint density at radius 1 is 1.24 bits per heavy atom. The van der Waals surface area contributed by atoms with Gasteiger partial charge in [0.25, 0.3) is 5.91 Å². The fraction of sp³-hybridized carbons (Fsp3) is 0.682. The zero-order chi connectivity index (χ0) is 25.1. The molecule has 188 valence electrons. The van der Waals surface area contributed by atoms with Crippen molar-refractivity contribution in [2.24, 2.45) is 17.8 Å². The first-order valence-corrected chi connectivity index (χ1v) is 11.3. The fourth-order valence-electron chi connectivity index (χ4n) is 4.94. The monoisotopic (exact) mass is 485 g/mol. The summed E-state index contributed by atoms with van der Waals surface area (Å²) in [5, 5.41) is 10.4. The van der Waals surface area contributed by atoms with E-state index in [0.717, 1.165) is 32.5 Å². The average Bonchev–Trinajstić information content (AvgIpc) is 3.32. The van der Waals surface area contributed by atoms with Crippen molar-refractivity contribution in [3.63, 3.8) is 0 Å². The van der Waals surface area contributed by atoms with Gasteiger partial charge < -0.3 is 20.2 Å². The topological polar surface area (TPSA) is 116 Å². The molecule has 0 saturated carbocycles. The van der Waals surface area contributed by atoms with E-state index in [2.05, 4.69) is 34.0 Å². The Labute approximate surface area is 195 Å². The van der Waals surface area contributed by atoms with E-state index >= 15 is 0 Å². The molecular weight excluding hydrogens is 455 g/mol. The maximum absolute atomic E-state index is 12.6. The van der Waals surface area contributed by atoms with Crippen LogP contribution in [0.4, 0.5) is 13.2 Å². The van der Waals surface area contributed by atoms with E-state index in [1.54, 1.807) is 12.4 Å². The van der Waals surface area contributed by atoms with Gasteiger partial charge in [-0.05, 0) is 31.7 Å². The number of aliphatic carboxylic acids is 1. The van der Waals surface area contributed by atoms with E-state index < -0.39 is 12.1 Å². The number of piperidine rings is 1. The number of carbonyl (C=O) groups is 3. The van der Waals surface area contributed by atoms with E-state index in [4.69, 9.17) is 9.90 Å². The van der Waals surface area contributed by atoms with Gasteiger partial charge in [0.2, 0.25) is 5.91 Å². The number of nitrogens with one attached hydrogen (secondary N) is 1. The summed E-state index contributed by atoms with van der Waals surface area (Å²) in [5.74, 6) is -1.45. The number of amides is 2. The van der Waals surface area contributed by atoms with Crippen LogP contribution in [-0.2, 0) is 9.59 Å². The first-order valence-electron chi connectivity index (χ1n) is 11.3. The molecule has 4 heterocycles. The number of fused-ring (bicyclic) bond motifs is 2. The molecule has 2 atom stereocenters. The molecule has 0 aromatic carbocycles. The molecule has 0 bridgehead atoms. The molecule has 0 aliphatic carbocycles. The summed E-state index contributed by atoms with van der Waals surface area (Å²) < 4.78 is 31.7. The highest BCUT2D eigenvalue weighted by Gasteiger charge is 2.57. The summed E-state index contributed by atoms with van der Waals surface area (Å²) in [4.78, 5) is 46.6. The Balaban J connectivity index is 0.000000406. The van der Waals surface area contributed by atoms with Crippen LogP contribution in [-0.4, -0.2) is 87.1 Å². The molecule has 3 aliphatic heterocycles. The highest BCUT2D eigenvalue weighted by molar-refractivity contribution is 5.92. The number of likely N-dealkylation sites (tertiary alicyclic amines) is 2. The van der Waals surface area contributed by atoms with E-state index in [1.807, 2.05) is 4.90 Å². The highest BCUT2D eigenvalue weighted by atomic mass is 19.4. The first-order chi connectivity index (χ1) is 15.9. The summed E-state index contributed by atoms with van der Waals surface area (Å²) in [7, 11) is 0. The Morgan fingerprint density at radius 3 is 2.41 bits per heavy atom. The number of aromatic nitrogens is 2. The van der Waals surface area contributed by atoms with Crippen LogP contribution in [0.2, 0.25) is 0 Å². The molecule has 9 nitrogen and oxygen atoms in total. The Bertz CT molecular complexity index is 888. The van der Waals surface area contributed by atoms with Crippen molar-refractivity contribution in [3.05, 3.63) is 24.3 Å². The molecule has 12 heteroatoms. The van der Waals surface area contributed by atoms with Gasteiger partial charge in [0.15, 0.2) is 0 Å². The van der Waals surface area contributed by atoms with E-state index in [-0.39, 0.29) is 23.3 Å². The average molecular weight is 486 g/mol. The van der Waals surface area contributed by atoms with Gasteiger partial charge in [0, 0.05) is 50.0 Å². The van der Waals surface area contributed by atoms with Crippen LogP contribution in [0, 0.1) is 17.8 Å². The molecule has 4 rings (SSSR count). The van der Waals surface area contributed by atoms with E-state index in [1.165, 1.54) is 12.6 Å². The van der Waals surface area contributed by atoms with Crippen LogP contribution in [0.3, 0.4) is 0 Å². The van der Waals surface area contributed by atoms with Crippen LogP contribution < -0.4 is 5.32 Å². The number of carbonyl (C=O) groups excluding carboxylic acids is 2. The second kappa shape index (κ2) is 10.2. The SMILES string of the molecule is CC(C)CCN1C[C@H]2C(=O)NC3(CCN(C(=O)c4cnccn4)CC3)[C@H]2C1.O=C(O)C(F)(F)F. The lowest BCUT2D eigenvalue weighted by molar-refractivity contribution is -0.192. The molecule has 3 saturated heterocycles. The van der Waals surface area contributed by atoms with Gasteiger partial charge in [-0.2, -0.15) is 13.2 Å². The van der Waals surface area contributed by atoms with Crippen molar-refractivity contribution in [1.82, 2.24) is 25.1 Å². The zero-order valence-electron chi connectivity index (χ0n) is 19.2. The van der Waals surface area contributed by atoms with Crippen molar-refractivity contribution >= 4 is 17.8 Å². The molecule has 34 heavy (non-hydrogen) atoms. The van der Waals surface area contributed by atoms with Gasteiger partial charge in [-0.25, -0.2) is 9.78 Å². The number of hydrogen-bond acceptors (Lipinski definition) is 6. The molecule has 3 aliphatic rings. The van der Waals surface area contributed by atoms with Crippen molar-refractivity contribution < 1.29 is 32.7 Å². The summed E-state index contributed by atoms with van der Waals surface area (Å²) in [6.07, 6.45) is 2.37. The number of hydrogen-bond donors (Lipinski definition) is 2. The second-order valence-corrected chi connectivity index (χ2v) is 9.49. The van der Waals surface area contributed by atoms with Crippen LogP contribution in [0.5, 0.6) is 0 Å². The molecule has 1 aromatic rings. The summed E-state index contributed by atoms with van der Waals surface area (Å²) in [5.41, 5.74) is 0.246. The number of rotatable bonds is 4. The molecule has 1 aromatic heterocycles. The van der Waals surface area contributed by atoms with E-state index in [9.17, 15) is 22.8 Å². The van der Waals surface area contributed by atoms with Gasteiger partial charge in [-0.3, -0.25) is 14.6 Å². The van der Waals surface area contributed by atoms with Gasteiger partial charge >= 0.3 is 12.1 Å². The molecule has 1 spiro atoms. The Kier molecular flexibility index (Phi) is 7.79. The second-order valence-electron chi connectivity index (χ2n) is 9.49. The molecule has 2 N–H and O–H groups in total. The number of alkyl halides is 3. The van der Waals surface area contributed by atoms with Crippen LogP contribution in [0.15, 0.2) is 18.6 Å².